The van der Waals surface area contributed by atoms with Gasteiger partial charge in [0.05, 0.1) is 11.8 Å². The van der Waals surface area contributed by atoms with Gasteiger partial charge in [-0.1, -0.05) is 135 Å². The molecule has 7 heteroatoms. The van der Waals surface area contributed by atoms with Gasteiger partial charge in [-0.05, 0) is 124 Å². The summed E-state index contributed by atoms with van der Waals surface area (Å²) >= 11 is 0. The summed E-state index contributed by atoms with van der Waals surface area (Å²) in [6, 6.07) is 18.2. The highest BCUT2D eigenvalue weighted by molar-refractivity contribution is 6.12. The van der Waals surface area contributed by atoms with Gasteiger partial charge in [-0.15, -0.1) is 0 Å². The van der Waals surface area contributed by atoms with Gasteiger partial charge in [0.1, 0.15) is 11.5 Å². The van der Waals surface area contributed by atoms with Crippen LogP contribution in [0.2, 0.25) is 0 Å². The molecule has 0 radical (unpaired) electrons. The standard InChI is InChI=1S/C56H72F2N2O3/c1-10-16-27-44(63-56-49(57)29-21-30-50(56)58)35-52(45(14-5)37(7)13-4)59-39(9)46(15-6)55(61)53-33-42-34-54(48(36-51(42)60-53)47-28-20-17-24-38(47)8)62-43(23-12-3)32-31-40(22-11-2)41-25-18-19-26-41/h14-15,17,20-21,24,27-30,33-37,40-41,43,59-60H,6,10-13,16,18-19,22-23,25-26,31-32H2,1-5,7-9H3/b44-27-,45-14-,46-39-,52-35+. The lowest BCUT2D eigenvalue weighted by molar-refractivity contribution is 0.103. The van der Waals surface area contributed by atoms with E-state index in [4.69, 9.17) is 9.47 Å². The van der Waals surface area contributed by atoms with E-state index in [1.807, 2.05) is 39.0 Å². The van der Waals surface area contributed by atoms with Crippen LogP contribution in [-0.2, 0) is 0 Å². The van der Waals surface area contributed by atoms with Gasteiger partial charge in [0.2, 0.25) is 5.78 Å². The lowest BCUT2D eigenvalue weighted by atomic mass is 9.83. The molecule has 1 aromatic heterocycles. The number of ketones is 1. The highest BCUT2D eigenvalue weighted by Crippen LogP contribution is 2.40. The molecule has 4 aromatic rings. The Balaban J connectivity index is 1.52. The largest absolute Gasteiger partial charge is 0.490 e. The Bertz CT molecular complexity index is 2270. The maximum Gasteiger partial charge on any atom is 0.210 e. The zero-order valence-corrected chi connectivity index (χ0v) is 39.3. The Kier molecular flexibility index (Phi) is 18.6. The van der Waals surface area contributed by atoms with Crippen molar-refractivity contribution in [1.29, 1.82) is 0 Å². The Labute approximate surface area is 376 Å². The number of hydrogen-bond donors (Lipinski definition) is 2. The molecule has 1 saturated carbocycles. The van der Waals surface area contributed by atoms with Crippen LogP contribution >= 0.6 is 0 Å². The monoisotopic (exact) mass is 859 g/mol. The fraction of sp³-hybridized carbons (Fsp3) is 0.446. The van der Waals surface area contributed by atoms with E-state index in [2.05, 4.69) is 87.9 Å². The number of aromatic nitrogens is 1. The molecule has 0 bridgehead atoms. The minimum Gasteiger partial charge on any atom is -0.490 e. The van der Waals surface area contributed by atoms with E-state index in [1.54, 1.807) is 12.2 Å². The Morgan fingerprint density at radius 1 is 0.921 bits per heavy atom. The predicted octanol–water partition coefficient (Wildman–Crippen LogP) is 16.2. The second-order valence-corrected chi connectivity index (χ2v) is 17.5. The average Bonchev–Trinajstić information content (AvgIpc) is 3.97. The first kappa shape index (κ1) is 48.9. The van der Waals surface area contributed by atoms with Crippen LogP contribution in [0.5, 0.6) is 11.5 Å². The summed E-state index contributed by atoms with van der Waals surface area (Å²) in [5.74, 6) is 0.579. The van der Waals surface area contributed by atoms with E-state index >= 15 is 0 Å². The maximum absolute atomic E-state index is 14.8. The minimum atomic E-state index is -0.789. The van der Waals surface area contributed by atoms with Gasteiger partial charge in [-0.25, -0.2) is 8.78 Å². The number of hydrogen-bond acceptors (Lipinski definition) is 4. The van der Waals surface area contributed by atoms with Crippen molar-refractivity contribution in [3.05, 3.63) is 143 Å². The van der Waals surface area contributed by atoms with Gasteiger partial charge in [-0.2, -0.15) is 0 Å². The number of rotatable bonds is 24. The molecule has 3 aromatic carbocycles. The molecule has 2 N–H and O–H groups in total. The van der Waals surface area contributed by atoms with Crippen molar-refractivity contribution in [3.8, 4) is 22.6 Å². The second-order valence-electron chi connectivity index (χ2n) is 17.5. The molecule has 5 rings (SSSR count). The number of carbonyl (C=O) groups is 1. The number of Topliss-reactive ketones (excluding diaryl/α,β-unsaturated/α-hetero) is 1. The van der Waals surface area contributed by atoms with Crippen molar-refractivity contribution < 1.29 is 23.0 Å². The smallest absolute Gasteiger partial charge is 0.210 e. The van der Waals surface area contributed by atoms with Crippen LogP contribution in [0.15, 0.2) is 120 Å². The molecule has 1 heterocycles. The van der Waals surface area contributed by atoms with Gasteiger partial charge in [0.15, 0.2) is 17.4 Å². The fourth-order valence-electron chi connectivity index (χ4n) is 9.25. The van der Waals surface area contributed by atoms with Crippen molar-refractivity contribution in [3.63, 3.8) is 0 Å². The maximum atomic E-state index is 14.8. The first-order valence-corrected chi connectivity index (χ1v) is 23.7. The van der Waals surface area contributed by atoms with Gasteiger partial charge in [0, 0.05) is 39.5 Å². The van der Waals surface area contributed by atoms with Crippen LogP contribution in [0, 0.1) is 36.3 Å². The molecule has 63 heavy (non-hydrogen) atoms. The zero-order chi connectivity index (χ0) is 45.5. The number of nitrogens with one attached hydrogen (secondary N) is 2. The average molecular weight is 859 g/mol. The second kappa shape index (κ2) is 24.0. The van der Waals surface area contributed by atoms with Crippen molar-refractivity contribution in [2.45, 2.75) is 145 Å². The van der Waals surface area contributed by atoms with E-state index in [0.29, 0.717) is 34.8 Å². The van der Waals surface area contributed by atoms with Crippen LogP contribution in [0.25, 0.3) is 22.0 Å². The number of halogens is 2. The van der Waals surface area contributed by atoms with Crippen molar-refractivity contribution >= 4 is 16.7 Å². The number of benzene rings is 3. The summed E-state index contributed by atoms with van der Waals surface area (Å²) in [4.78, 5) is 18.0. The van der Waals surface area contributed by atoms with E-state index < -0.39 is 17.4 Å². The fourth-order valence-corrected chi connectivity index (χ4v) is 9.25. The highest BCUT2D eigenvalue weighted by Gasteiger charge is 2.27. The van der Waals surface area contributed by atoms with E-state index in [0.717, 1.165) is 82.9 Å². The molecule has 1 aliphatic rings. The number of ether oxygens (including phenoxy) is 2. The van der Waals surface area contributed by atoms with Crippen LogP contribution in [0.1, 0.15) is 148 Å². The van der Waals surface area contributed by atoms with Gasteiger partial charge < -0.3 is 19.8 Å². The molecule has 1 aliphatic carbocycles. The van der Waals surface area contributed by atoms with Crippen LogP contribution < -0.4 is 14.8 Å². The molecule has 5 nitrogen and oxygen atoms in total. The number of carbonyl (C=O) groups excluding carboxylic acids is 1. The number of para-hydroxylation sites is 1. The number of allylic oxidation sites excluding steroid dienone is 7. The van der Waals surface area contributed by atoms with Crippen LogP contribution in [0.4, 0.5) is 8.78 Å². The Morgan fingerprint density at radius 2 is 1.63 bits per heavy atom. The quantitative estimate of drug-likeness (QED) is 0.0319. The highest BCUT2D eigenvalue weighted by atomic mass is 19.1. The molecule has 1 fully saturated rings. The van der Waals surface area contributed by atoms with Crippen molar-refractivity contribution in [1.82, 2.24) is 10.3 Å². The number of aromatic amines is 1. The van der Waals surface area contributed by atoms with E-state index in [9.17, 15) is 13.6 Å². The summed E-state index contributed by atoms with van der Waals surface area (Å²) < 4.78 is 42.7. The molecule has 0 spiro atoms. The third-order valence-electron chi connectivity index (χ3n) is 12.9. The first-order chi connectivity index (χ1) is 30.5. The van der Waals surface area contributed by atoms with Crippen LogP contribution in [0.3, 0.4) is 0 Å². The lowest BCUT2D eigenvalue weighted by Crippen LogP contribution is -2.20. The van der Waals surface area contributed by atoms with Gasteiger partial charge >= 0.3 is 0 Å². The Morgan fingerprint density at radius 3 is 2.27 bits per heavy atom. The number of aryl methyl sites for hydroxylation is 1. The molecule has 3 unspecified atom stereocenters. The van der Waals surface area contributed by atoms with Crippen molar-refractivity contribution in [2.24, 2.45) is 17.8 Å². The normalized spacial score (nSPS) is 15.9. The molecule has 0 amide bonds. The minimum absolute atomic E-state index is 0.0910. The number of unbranched alkanes of at least 4 members (excludes halogenated alkanes) is 1. The van der Waals surface area contributed by atoms with E-state index in [-0.39, 0.29) is 17.8 Å². The number of fused-ring (bicyclic) bond motifs is 1. The third-order valence-corrected chi connectivity index (χ3v) is 12.9. The Hall–Kier alpha value is -5.17. The summed E-state index contributed by atoms with van der Waals surface area (Å²) in [5, 5.41) is 4.39. The molecule has 0 aliphatic heterocycles. The van der Waals surface area contributed by atoms with Crippen LogP contribution in [-0.4, -0.2) is 16.9 Å². The van der Waals surface area contributed by atoms with Crippen molar-refractivity contribution in [2.75, 3.05) is 0 Å². The third kappa shape index (κ3) is 12.7. The number of H-pyrrole nitrogens is 1. The first-order valence-electron chi connectivity index (χ1n) is 23.7. The topological polar surface area (TPSA) is 63.4 Å². The van der Waals surface area contributed by atoms with Gasteiger partial charge in [-0.3, -0.25) is 4.79 Å². The lowest BCUT2D eigenvalue weighted by Gasteiger charge is -2.27. The summed E-state index contributed by atoms with van der Waals surface area (Å²) in [6.07, 6.45) is 21.8. The molecule has 338 valence electrons. The predicted molar refractivity (Wildman–Crippen MR) is 259 cm³/mol. The molecular weight excluding hydrogens is 787 g/mol. The van der Waals surface area contributed by atoms with Gasteiger partial charge in [0.25, 0.3) is 0 Å². The zero-order valence-electron chi connectivity index (χ0n) is 39.3. The SMILES string of the molecule is C=C/C(C(=O)c1cc2cc(OC(CCC)CCC(CCC)C3CCCC3)c(-c3ccccc3C)cc2[nH]1)=C(\C)NC(=C/C(=C/CCC)Oc1c(F)cccc1F)/C(=C\C)C(C)CC. The molecule has 0 saturated heterocycles. The summed E-state index contributed by atoms with van der Waals surface area (Å²) in [7, 11) is 0. The summed E-state index contributed by atoms with van der Waals surface area (Å²) in [5.41, 5.74) is 7.10. The van der Waals surface area contributed by atoms with E-state index in [1.165, 1.54) is 63.1 Å². The molecular formula is C56H72F2N2O3. The molecule has 3 atom stereocenters. The summed E-state index contributed by atoms with van der Waals surface area (Å²) in [6.45, 7) is 20.8.